The average molecular weight is 494 g/mol. The molecule has 0 aliphatic carbocycles. The fourth-order valence-electron chi connectivity index (χ4n) is 3.66. The molecule has 8 nitrogen and oxygen atoms in total. The number of sulfonamides is 1. The number of benzene rings is 2. The number of rotatable bonds is 5. The number of hydrogen-bond acceptors (Lipinski definition) is 6. The SMILES string of the molecule is CC1CSc2ccc(S(=O)(=O)N3CCOCC3)cc2N(CC(=O)Nc2ccccc2F)C1=O. The second-order valence-corrected chi connectivity index (χ2v) is 10.8. The Morgan fingerprint density at radius 3 is 2.67 bits per heavy atom. The fraction of sp³-hybridized carbons (Fsp3) is 0.364. The number of para-hydroxylation sites is 1. The number of fused-ring (bicyclic) bond motifs is 1. The van der Waals surface area contributed by atoms with Gasteiger partial charge < -0.3 is 15.0 Å². The van der Waals surface area contributed by atoms with Crippen molar-refractivity contribution in [1.29, 1.82) is 0 Å². The molecule has 0 radical (unpaired) electrons. The topological polar surface area (TPSA) is 96.0 Å². The second-order valence-electron chi connectivity index (χ2n) is 7.81. The lowest BCUT2D eigenvalue weighted by atomic mass is 10.1. The molecule has 2 aliphatic heterocycles. The first-order valence-electron chi connectivity index (χ1n) is 10.5. The van der Waals surface area contributed by atoms with E-state index in [9.17, 15) is 22.4 Å². The quantitative estimate of drug-likeness (QED) is 0.688. The Morgan fingerprint density at radius 2 is 1.94 bits per heavy atom. The number of hydrogen-bond donors (Lipinski definition) is 1. The first-order chi connectivity index (χ1) is 15.8. The van der Waals surface area contributed by atoms with E-state index in [-0.39, 0.29) is 42.0 Å². The molecule has 0 saturated carbocycles. The summed E-state index contributed by atoms with van der Waals surface area (Å²) in [7, 11) is -3.79. The van der Waals surface area contributed by atoms with E-state index in [0.717, 1.165) is 0 Å². The molecule has 0 bridgehead atoms. The largest absolute Gasteiger partial charge is 0.379 e. The van der Waals surface area contributed by atoms with E-state index in [0.29, 0.717) is 29.5 Å². The zero-order valence-corrected chi connectivity index (χ0v) is 19.6. The average Bonchev–Trinajstić information content (AvgIpc) is 2.93. The van der Waals surface area contributed by atoms with Crippen molar-refractivity contribution in [2.45, 2.75) is 16.7 Å². The molecular formula is C22H24FN3O5S2. The molecule has 0 aromatic heterocycles. The van der Waals surface area contributed by atoms with Crippen LogP contribution in [0.2, 0.25) is 0 Å². The summed E-state index contributed by atoms with van der Waals surface area (Å²) in [5, 5.41) is 2.49. The molecular weight excluding hydrogens is 469 g/mol. The van der Waals surface area contributed by atoms with Crippen LogP contribution >= 0.6 is 11.8 Å². The number of halogens is 1. The number of nitrogens with zero attached hydrogens (tertiary/aromatic N) is 2. The number of nitrogens with one attached hydrogen (secondary N) is 1. The lowest BCUT2D eigenvalue weighted by Gasteiger charge is -2.27. The molecule has 11 heteroatoms. The summed E-state index contributed by atoms with van der Waals surface area (Å²) in [4.78, 5) is 27.9. The Morgan fingerprint density at radius 1 is 1.21 bits per heavy atom. The molecule has 1 N–H and O–H groups in total. The summed E-state index contributed by atoms with van der Waals surface area (Å²) in [5.41, 5.74) is 0.364. The van der Waals surface area contributed by atoms with Crippen LogP contribution in [0.4, 0.5) is 15.8 Å². The summed E-state index contributed by atoms with van der Waals surface area (Å²) in [5.74, 6) is -1.36. The van der Waals surface area contributed by atoms with E-state index in [4.69, 9.17) is 4.74 Å². The molecule has 176 valence electrons. The van der Waals surface area contributed by atoms with Gasteiger partial charge in [-0.05, 0) is 30.3 Å². The molecule has 2 aromatic carbocycles. The lowest BCUT2D eigenvalue weighted by molar-refractivity contribution is -0.123. The Balaban J connectivity index is 1.66. The third-order valence-electron chi connectivity index (χ3n) is 5.46. The number of carbonyl (C=O) groups excluding carboxylic acids is 2. The Hall–Kier alpha value is -2.47. The van der Waals surface area contributed by atoms with E-state index in [2.05, 4.69) is 5.32 Å². The fourth-order valence-corrected chi connectivity index (χ4v) is 6.14. The summed E-state index contributed by atoms with van der Waals surface area (Å²) < 4.78 is 46.9. The minimum atomic E-state index is -3.79. The molecule has 2 aromatic rings. The minimum absolute atomic E-state index is 0.0102. The molecule has 2 amide bonds. The van der Waals surface area contributed by atoms with Gasteiger partial charge >= 0.3 is 0 Å². The molecule has 1 unspecified atom stereocenters. The van der Waals surface area contributed by atoms with Gasteiger partial charge in [0.1, 0.15) is 12.4 Å². The van der Waals surface area contributed by atoms with Gasteiger partial charge in [-0.25, -0.2) is 12.8 Å². The summed E-state index contributed by atoms with van der Waals surface area (Å²) >= 11 is 1.43. The van der Waals surface area contributed by atoms with Gasteiger partial charge in [0.15, 0.2) is 0 Å². The Labute approximate surface area is 196 Å². The van der Waals surface area contributed by atoms with E-state index < -0.39 is 21.7 Å². The Bertz CT molecular complexity index is 1170. The van der Waals surface area contributed by atoms with Crippen LogP contribution in [0.3, 0.4) is 0 Å². The van der Waals surface area contributed by atoms with E-state index >= 15 is 0 Å². The highest BCUT2D eigenvalue weighted by atomic mass is 32.2. The van der Waals surface area contributed by atoms with E-state index in [1.54, 1.807) is 19.1 Å². The van der Waals surface area contributed by atoms with Crippen LogP contribution in [0.5, 0.6) is 0 Å². The van der Waals surface area contributed by atoms with E-state index in [1.165, 1.54) is 51.3 Å². The van der Waals surface area contributed by atoms with Gasteiger partial charge in [-0.3, -0.25) is 9.59 Å². The van der Waals surface area contributed by atoms with Gasteiger partial charge in [0.05, 0.1) is 29.5 Å². The van der Waals surface area contributed by atoms with Crippen molar-refractivity contribution >= 4 is 45.0 Å². The van der Waals surface area contributed by atoms with Gasteiger partial charge in [-0.15, -0.1) is 11.8 Å². The van der Waals surface area contributed by atoms with Crippen LogP contribution < -0.4 is 10.2 Å². The molecule has 2 heterocycles. The van der Waals surface area contributed by atoms with Crippen molar-refractivity contribution in [2.75, 3.05) is 48.8 Å². The van der Waals surface area contributed by atoms with Crippen molar-refractivity contribution in [2.24, 2.45) is 5.92 Å². The number of anilines is 2. The maximum atomic E-state index is 14.0. The summed E-state index contributed by atoms with van der Waals surface area (Å²) in [6.45, 7) is 2.52. The van der Waals surface area contributed by atoms with Crippen LogP contribution in [-0.4, -0.2) is 63.1 Å². The smallest absolute Gasteiger partial charge is 0.244 e. The first-order valence-corrected chi connectivity index (χ1v) is 12.9. The van der Waals surface area contributed by atoms with Crippen LogP contribution in [0.15, 0.2) is 52.3 Å². The van der Waals surface area contributed by atoms with Gasteiger partial charge in [0.25, 0.3) is 0 Å². The minimum Gasteiger partial charge on any atom is -0.379 e. The molecule has 1 atom stereocenters. The monoisotopic (exact) mass is 493 g/mol. The van der Waals surface area contributed by atoms with Crippen LogP contribution in [0.1, 0.15) is 6.92 Å². The number of thioether (sulfide) groups is 1. The van der Waals surface area contributed by atoms with Crippen molar-refractivity contribution in [3.63, 3.8) is 0 Å². The third kappa shape index (κ3) is 5.06. The van der Waals surface area contributed by atoms with Crippen molar-refractivity contribution in [3.8, 4) is 0 Å². The number of morpholine rings is 1. The third-order valence-corrected chi connectivity index (χ3v) is 8.67. The molecule has 1 fully saturated rings. The van der Waals surface area contributed by atoms with Crippen LogP contribution in [-0.2, 0) is 24.3 Å². The van der Waals surface area contributed by atoms with Gasteiger partial charge in [-0.1, -0.05) is 19.1 Å². The van der Waals surface area contributed by atoms with Crippen molar-refractivity contribution in [3.05, 3.63) is 48.3 Å². The number of ether oxygens (including phenoxy) is 1. The first kappa shape index (κ1) is 23.7. The van der Waals surface area contributed by atoms with Gasteiger partial charge in [0, 0.05) is 29.7 Å². The van der Waals surface area contributed by atoms with Gasteiger partial charge in [0.2, 0.25) is 21.8 Å². The highest BCUT2D eigenvalue weighted by Crippen LogP contribution is 2.38. The number of amides is 2. The summed E-state index contributed by atoms with van der Waals surface area (Å²) in [6, 6.07) is 10.4. The van der Waals surface area contributed by atoms with Gasteiger partial charge in [-0.2, -0.15) is 4.31 Å². The van der Waals surface area contributed by atoms with Crippen LogP contribution in [0.25, 0.3) is 0 Å². The predicted octanol–water partition coefficient (Wildman–Crippen LogP) is 2.56. The predicted molar refractivity (Wildman–Crippen MR) is 123 cm³/mol. The Kier molecular flexibility index (Phi) is 7.03. The van der Waals surface area contributed by atoms with Crippen molar-refractivity contribution in [1.82, 2.24) is 4.31 Å². The normalized spacial score (nSPS) is 19.6. The molecule has 33 heavy (non-hydrogen) atoms. The second kappa shape index (κ2) is 9.80. The van der Waals surface area contributed by atoms with E-state index in [1.807, 2.05) is 0 Å². The van der Waals surface area contributed by atoms with Crippen molar-refractivity contribution < 1.29 is 27.1 Å². The standard InChI is InChI=1S/C22H24FN3O5S2/c1-15-14-32-20-7-6-16(33(29,30)25-8-10-31-11-9-25)12-19(20)26(22(15)28)13-21(27)24-18-5-3-2-4-17(18)23/h2-7,12,15H,8-11,13-14H2,1H3,(H,24,27). The molecule has 1 saturated heterocycles. The zero-order chi connectivity index (χ0) is 23.6. The molecule has 2 aliphatic rings. The lowest BCUT2D eigenvalue weighted by Crippen LogP contribution is -2.42. The zero-order valence-electron chi connectivity index (χ0n) is 18.0. The maximum absolute atomic E-state index is 14.0. The molecule has 0 spiro atoms. The number of carbonyl (C=O) groups is 2. The maximum Gasteiger partial charge on any atom is 0.244 e. The molecule has 4 rings (SSSR count). The highest BCUT2D eigenvalue weighted by Gasteiger charge is 2.32. The summed E-state index contributed by atoms with van der Waals surface area (Å²) in [6.07, 6.45) is 0. The van der Waals surface area contributed by atoms with Crippen LogP contribution in [0, 0.1) is 11.7 Å². The highest BCUT2D eigenvalue weighted by molar-refractivity contribution is 7.99.